The van der Waals surface area contributed by atoms with Crippen LogP contribution in [0.15, 0.2) is 24.3 Å². The van der Waals surface area contributed by atoms with E-state index in [2.05, 4.69) is 27.9 Å². The Morgan fingerprint density at radius 2 is 2.22 bits per heavy atom. The minimum atomic E-state index is -0.834. The van der Waals surface area contributed by atoms with Crippen molar-refractivity contribution in [3.63, 3.8) is 0 Å². The molecule has 1 aromatic carbocycles. The number of carboxylic acids is 1. The van der Waals surface area contributed by atoms with Gasteiger partial charge < -0.3 is 15.3 Å². The number of rotatable bonds is 2. The number of nitrogens with one attached hydrogen (secondary N) is 1. The van der Waals surface area contributed by atoms with Gasteiger partial charge >= 0.3 is 12.0 Å². The number of nitrogens with zero attached hydrogens (tertiary/aromatic N) is 1. The van der Waals surface area contributed by atoms with Crippen LogP contribution in [0.5, 0.6) is 0 Å². The molecule has 1 aliphatic heterocycles. The molecule has 0 spiro atoms. The second-order valence-electron chi connectivity index (χ2n) is 4.21. The summed E-state index contributed by atoms with van der Waals surface area (Å²) >= 11 is 2.17. The van der Waals surface area contributed by atoms with Gasteiger partial charge in [0.05, 0.1) is 5.92 Å². The highest BCUT2D eigenvalue weighted by molar-refractivity contribution is 14.1. The second-order valence-corrected chi connectivity index (χ2v) is 5.46. The van der Waals surface area contributed by atoms with E-state index in [9.17, 15) is 9.59 Å². The average Bonchev–Trinajstić information content (AvgIpc) is 2.78. The van der Waals surface area contributed by atoms with Crippen LogP contribution in [0, 0.1) is 9.49 Å². The summed E-state index contributed by atoms with van der Waals surface area (Å²) in [6.07, 6.45) is 0.523. The molecule has 18 heavy (non-hydrogen) atoms. The standard InChI is InChI=1S/C12H13IN2O3/c13-9-2-1-3-10(6-9)14-12(18)15-5-4-8(7-15)11(16)17/h1-3,6,8H,4-5,7H2,(H,14,18)(H,16,17). The summed E-state index contributed by atoms with van der Waals surface area (Å²) in [6, 6.07) is 7.24. The molecule has 1 saturated heterocycles. The van der Waals surface area contributed by atoms with Gasteiger partial charge in [-0.05, 0) is 47.2 Å². The lowest BCUT2D eigenvalue weighted by molar-refractivity contribution is -0.141. The second kappa shape index (κ2) is 5.55. The van der Waals surface area contributed by atoms with Crippen molar-refractivity contribution in [2.24, 2.45) is 5.92 Å². The zero-order chi connectivity index (χ0) is 13.1. The summed E-state index contributed by atoms with van der Waals surface area (Å²) in [7, 11) is 0. The van der Waals surface area contributed by atoms with Crippen LogP contribution in [0.3, 0.4) is 0 Å². The van der Waals surface area contributed by atoms with E-state index in [0.717, 1.165) is 9.26 Å². The Morgan fingerprint density at radius 3 is 2.83 bits per heavy atom. The van der Waals surface area contributed by atoms with Gasteiger partial charge in [-0.25, -0.2) is 4.79 Å². The number of benzene rings is 1. The first-order chi connectivity index (χ1) is 8.56. The van der Waals surface area contributed by atoms with E-state index in [0.29, 0.717) is 13.0 Å². The lowest BCUT2D eigenvalue weighted by atomic mass is 10.1. The van der Waals surface area contributed by atoms with E-state index in [4.69, 9.17) is 5.11 Å². The van der Waals surface area contributed by atoms with Crippen LogP contribution < -0.4 is 5.32 Å². The van der Waals surface area contributed by atoms with Crippen molar-refractivity contribution in [3.8, 4) is 0 Å². The first kappa shape index (κ1) is 13.1. The number of urea groups is 1. The Morgan fingerprint density at radius 1 is 1.44 bits per heavy atom. The fraction of sp³-hybridized carbons (Fsp3) is 0.333. The number of carbonyl (C=O) groups is 2. The molecule has 2 N–H and O–H groups in total. The van der Waals surface area contributed by atoms with Crippen molar-refractivity contribution in [2.75, 3.05) is 18.4 Å². The quantitative estimate of drug-likeness (QED) is 0.795. The molecule has 6 heteroatoms. The van der Waals surface area contributed by atoms with E-state index < -0.39 is 11.9 Å². The number of aliphatic carboxylic acids is 1. The minimum absolute atomic E-state index is 0.235. The molecule has 1 fully saturated rings. The predicted molar refractivity (Wildman–Crippen MR) is 75.5 cm³/mol. The third-order valence-corrected chi connectivity index (χ3v) is 3.57. The van der Waals surface area contributed by atoms with Crippen LogP contribution in [0.1, 0.15) is 6.42 Å². The highest BCUT2D eigenvalue weighted by atomic mass is 127. The lowest BCUT2D eigenvalue weighted by Gasteiger charge is -2.16. The molecule has 1 heterocycles. The zero-order valence-electron chi connectivity index (χ0n) is 9.60. The maximum atomic E-state index is 11.9. The van der Waals surface area contributed by atoms with Crippen molar-refractivity contribution < 1.29 is 14.7 Å². The summed E-state index contributed by atoms with van der Waals surface area (Å²) in [5, 5.41) is 11.7. The van der Waals surface area contributed by atoms with Crippen LogP contribution in [0.4, 0.5) is 10.5 Å². The van der Waals surface area contributed by atoms with Gasteiger partial charge in [0, 0.05) is 22.3 Å². The van der Waals surface area contributed by atoms with Crippen molar-refractivity contribution >= 4 is 40.3 Å². The van der Waals surface area contributed by atoms with Gasteiger partial charge in [0.15, 0.2) is 0 Å². The Balaban J connectivity index is 1.95. The molecule has 1 unspecified atom stereocenters. The fourth-order valence-electron chi connectivity index (χ4n) is 1.92. The lowest BCUT2D eigenvalue weighted by Crippen LogP contribution is -2.33. The summed E-state index contributed by atoms with van der Waals surface area (Å²) in [5.74, 6) is -1.27. The molecule has 96 valence electrons. The van der Waals surface area contributed by atoms with Gasteiger partial charge in [-0.3, -0.25) is 4.79 Å². The van der Waals surface area contributed by atoms with Crippen LogP contribution in [-0.2, 0) is 4.79 Å². The van der Waals surface area contributed by atoms with Gasteiger partial charge in [-0.15, -0.1) is 0 Å². The van der Waals surface area contributed by atoms with Gasteiger partial charge in [-0.1, -0.05) is 6.07 Å². The third kappa shape index (κ3) is 3.12. The average molecular weight is 360 g/mol. The number of carboxylic acid groups (broad SMARTS) is 1. The highest BCUT2D eigenvalue weighted by Gasteiger charge is 2.30. The molecule has 0 bridgehead atoms. The topological polar surface area (TPSA) is 69.6 Å². The van der Waals surface area contributed by atoms with Crippen molar-refractivity contribution in [2.45, 2.75) is 6.42 Å². The first-order valence-electron chi connectivity index (χ1n) is 5.60. The molecule has 5 nitrogen and oxygen atoms in total. The maximum Gasteiger partial charge on any atom is 0.321 e. The molecule has 1 aliphatic rings. The summed E-state index contributed by atoms with van der Waals surface area (Å²) in [5.41, 5.74) is 0.727. The first-order valence-corrected chi connectivity index (χ1v) is 6.68. The Kier molecular flexibility index (Phi) is 4.05. The predicted octanol–water partition coefficient (Wildman–Crippen LogP) is 2.23. The molecule has 1 atom stereocenters. The molecule has 1 aromatic rings. The minimum Gasteiger partial charge on any atom is -0.481 e. The van der Waals surface area contributed by atoms with Gasteiger partial charge in [-0.2, -0.15) is 0 Å². The summed E-state index contributed by atoms with van der Waals surface area (Å²) < 4.78 is 1.04. The third-order valence-electron chi connectivity index (χ3n) is 2.90. The molecule has 2 amide bonds. The molecule has 0 radical (unpaired) electrons. The number of halogens is 1. The molecule has 0 saturated carbocycles. The molecular formula is C12H13IN2O3. The number of amides is 2. The largest absolute Gasteiger partial charge is 0.481 e. The molecule has 0 aliphatic carbocycles. The van der Waals surface area contributed by atoms with Crippen LogP contribution in [0.25, 0.3) is 0 Å². The number of carbonyl (C=O) groups excluding carboxylic acids is 1. The Labute approximate surface area is 118 Å². The summed E-state index contributed by atoms with van der Waals surface area (Å²) in [6.45, 7) is 0.776. The van der Waals surface area contributed by atoms with E-state index in [-0.39, 0.29) is 12.6 Å². The smallest absolute Gasteiger partial charge is 0.321 e. The van der Waals surface area contributed by atoms with E-state index in [1.807, 2.05) is 24.3 Å². The van der Waals surface area contributed by atoms with E-state index in [1.54, 1.807) is 4.90 Å². The molecule has 0 aromatic heterocycles. The molecular weight excluding hydrogens is 347 g/mol. The van der Waals surface area contributed by atoms with Crippen LogP contribution >= 0.6 is 22.6 Å². The number of hydrogen-bond donors (Lipinski definition) is 2. The monoisotopic (exact) mass is 360 g/mol. The normalized spacial score (nSPS) is 18.7. The number of anilines is 1. The van der Waals surface area contributed by atoms with E-state index >= 15 is 0 Å². The number of hydrogen-bond acceptors (Lipinski definition) is 2. The maximum absolute atomic E-state index is 11.9. The SMILES string of the molecule is O=C(O)C1CCN(C(=O)Nc2cccc(I)c2)C1. The van der Waals surface area contributed by atoms with Crippen molar-refractivity contribution in [3.05, 3.63) is 27.8 Å². The Bertz CT molecular complexity index is 478. The number of likely N-dealkylation sites (tertiary alicyclic amines) is 1. The van der Waals surface area contributed by atoms with Gasteiger partial charge in [0.1, 0.15) is 0 Å². The highest BCUT2D eigenvalue weighted by Crippen LogP contribution is 2.18. The van der Waals surface area contributed by atoms with E-state index in [1.165, 1.54) is 0 Å². The Hall–Kier alpha value is -1.31. The van der Waals surface area contributed by atoms with Gasteiger partial charge in [0.2, 0.25) is 0 Å². The fourth-order valence-corrected chi connectivity index (χ4v) is 2.46. The summed E-state index contributed by atoms with van der Waals surface area (Å²) in [4.78, 5) is 24.3. The van der Waals surface area contributed by atoms with Crippen LogP contribution in [0.2, 0.25) is 0 Å². The van der Waals surface area contributed by atoms with Crippen molar-refractivity contribution in [1.29, 1.82) is 0 Å². The zero-order valence-corrected chi connectivity index (χ0v) is 11.8. The van der Waals surface area contributed by atoms with Gasteiger partial charge in [0.25, 0.3) is 0 Å². The van der Waals surface area contributed by atoms with Crippen molar-refractivity contribution in [1.82, 2.24) is 4.90 Å². The van der Waals surface area contributed by atoms with Crippen LogP contribution in [-0.4, -0.2) is 35.1 Å². The molecule has 2 rings (SSSR count).